The van der Waals surface area contributed by atoms with Gasteiger partial charge in [0.1, 0.15) is 11.9 Å². The highest BCUT2D eigenvalue weighted by atomic mass is 16.5. The van der Waals surface area contributed by atoms with Crippen molar-refractivity contribution in [2.75, 3.05) is 11.1 Å². The molecule has 14 heavy (non-hydrogen) atoms. The second-order valence-electron chi connectivity index (χ2n) is 3.44. The summed E-state index contributed by atoms with van der Waals surface area (Å²) in [5.74, 6) is 0.638. The number of fused-ring (bicyclic) bond motifs is 1. The van der Waals surface area contributed by atoms with Crippen molar-refractivity contribution in [2.24, 2.45) is 0 Å². The fourth-order valence-corrected chi connectivity index (χ4v) is 1.47. The Balaban J connectivity index is 2.41. The predicted octanol–water partition coefficient (Wildman–Crippen LogP) is 1.38. The van der Waals surface area contributed by atoms with Gasteiger partial charge in [-0.1, -0.05) is 0 Å². The van der Waals surface area contributed by atoms with Crippen LogP contribution in [0.5, 0.6) is 5.75 Å². The molecule has 1 aromatic rings. The zero-order valence-electron chi connectivity index (χ0n) is 7.91. The summed E-state index contributed by atoms with van der Waals surface area (Å²) in [5, 5.41) is 2.75. The molecule has 0 aromatic heterocycles. The number of carbonyl (C=O) groups excluding carboxylic acids is 1. The number of benzene rings is 1. The normalized spacial score (nSPS) is 20.4. The number of rotatable bonds is 0. The number of nitrogen functional groups attached to an aromatic ring is 1. The lowest BCUT2D eigenvalue weighted by Crippen LogP contribution is -2.17. The van der Waals surface area contributed by atoms with Crippen molar-refractivity contribution in [2.45, 2.75) is 19.4 Å². The third-order valence-corrected chi connectivity index (χ3v) is 2.08. The van der Waals surface area contributed by atoms with Gasteiger partial charge in [0.25, 0.3) is 0 Å². The van der Waals surface area contributed by atoms with Gasteiger partial charge in [0.05, 0.1) is 12.1 Å². The van der Waals surface area contributed by atoms with E-state index in [1.165, 1.54) is 0 Å². The quantitative estimate of drug-likeness (QED) is 0.610. The molecule has 0 radical (unpaired) electrons. The summed E-state index contributed by atoms with van der Waals surface area (Å²) < 4.78 is 5.54. The maximum Gasteiger partial charge on any atom is 0.228 e. The van der Waals surface area contributed by atoms with E-state index in [-0.39, 0.29) is 12.0 Å². The van der Waals surface area contributed by atoms with Crippen molar-refractivity contribution in [1.29, 1.82) is 0 Å². The molecule has 1 amide bonds. The molecule has 1 heterocycles. The van der Waals surface area contributed by atoms with Gasteiger partial charge in [-0.05, 0) is 25.1 Å². The molecule has 0 fully saturated rings. The molecule has 0 aliphatic carbocycles. The van der Waals surface area contributed by atoms with Crippen molar-refractivity contribution >= 4 is 17.3 Å². The minimum absolute atomic E-state index is 0.0400. The molecule has 4 nitrogen and oxygen atoms in total. The molecule has 2 rings (SSSR count). The number of anilines is 2. The molecule has 3 N–H and O–H groups in total. The molecular weight excluding hydrogens is 180 g/mol. The molecule has 0 saturated heterocycles. The first-order chi connectivity index (χ1) is 6.65. The minimum atomic E-state index is -0.0973. The third-order valence-electron chi connectivity index (χ3n) is 2.08. The van der Waals surface area contributed by atoms with Gasteiger partial charge in [-0.3, -0.25) is 4.79 Å². The lowest BCUT2D eigenvalue weighted by molar-refractivity contribution is -0.117. The van der Waals surface area contributed by atoms with Crippen molar-refractivity contribution in [3.8, 4) is 5.75 Å². The summed E-state index contributed by atoms with van der Waals surface area (Å²) in [6.45, 7) is 1.87. The first-order valence-electron chi connectivity index (χ1n) is 4.51. The second-order valence-corrected chi connectivity index (χ2v) is 3.44. The molecule has 0 bridgehead atoms. The highest BCUT2D eigenvalue weighted by molar-refractivity contribution is 5.93. The maximum atomic E-state index is 11.3. The third kappa shape index (κ3) is 1.64. The predicted molar refractivity (Wildman–Crippen MR) is 54.2 cm³/mol. The molecule has 1 unspecified atom stereocenters. The van der Waals surface area contributed by atoms with Gasteiger partial charge >= 0.3 is 0 Å². The van der Waals surface area contributed by atoms with Crippen molar-refractivity contribution in [3.63, 3.8) is 0 Å². The number of ether oxygens (including phenoxy) is 1. The summed E-state index contributed by atoms with van der Waals surface area (Å²) in [4.78, 5) is 11.3. The smallest absolute Gasteiger partial charge is 0.228 e. The Bertz CT molecular complexity index is 376. The Morgan fingerprint density at radius 1 is 1.57 bits per heavy atom. The van der Waals surface area contributed by atoms with Gasteiger partial charge in [-0.15, -0.1) is 0 Å². The van der Waals surface area contributed by atoms with Crippen LogP contribution in [-0.2, 0) is 4.79 Å². The van der Waals surface area contributed by atoms with Crippen LogP contribution < -0.4 is 15.8 Å². The number of nitrogens with two attached hydrogens (primary N) is 1. The van der Waals surface area contributed by atoms with Crippen LogP contribution in [0, 0.1) is 0 Å². The largest absolute Gasteiger partial charge is 0.488 e. The zero-order chi connectivity index (χ0) is 10.1. The van der Waals surface area contributed by atoms with E-state index in [4.69, 9.17) is 10.5 Å². The van der Waals surface area contributed by atoms with Gasteiger partial charge in [-0.25, -0.2) is 0 Å². The van der Waals surface area contributed by atoms with E-state index in [9.17, 15) is 4.79 Å². The van der Waals surface area contributed by atoms with E-state index >= 15 is 0 Å². The first-order valence-corrected chi connectivity index (χ1v) is 4.51. The zero-order valence-corrected chi connectivity index (χ0v) is 7.91. The number of nitrogens with one attached hydrogen (secondary N) is 1. The van der Waals surface area contributed by atoms with Crippen molar-refractivity contribution in [1.82, 2.24) is 0 Å². The minimum Gasteiger partial charge on any atom is -0.488 e. The van der Waals surface area contributed by atoms with Crippen LogP contribution in [0.1, 0.15) is 13.3 Å². The molecule has 74 valence electrons. The maximum absolute atomic E-state index is 11.3. The Hall–Kier alpha value is -1.71. The fraction of sp³-hybridized carbons (Fsp3) is 0.300. The molecule has 1 aromatic carbocycles. The highest BCUT2D eigenvalue weighted by Gasteiger charge is 2.18. The topological polar surface area (TPSA) is 64.4 Å². The highest BCUT2D eigenvalue weighted by Crippen LogP contribution is 2.30. The molecule has 1 aliphatic heterocycles. The number of amides is 1. The molecule has 0 saturated carbocycles. The van der Waals surface area contributed by atoms with Gasteiger partial charge in [0.2, 0.25) is 5.91 Å². The van der Waals surface area contributed by atoms with Crippen LogP contribution in [0.15, 0.2) is 18.2 Å². The first kappa shape index (κ1) is 8.87. The van der Waals surface area contributed by atoms with Crippen LogP contribution in [0.2, 0.25) is 0 Å². The molecule has 1 aliphatic rings. The van der Waals surface area contributed by atoms with E-state index in [1.54, 1.807) is 18.2 Å². The average molecular weight is 192 g/mol. The van der Waals surface area contributed by atoms with E-state index in [2.05, 4.69) is 5.32 Å². The summed E-state index contributed by atoms with van der Waals surface area (Å²) >= 11 is 0. The molecular formula is C10H12N2O2. The van der Waals surface area contributed by atoms with E-state index in [0.717, 1.165) is 0 Å². The Morgan fingerprint density at radius 2 is 2.36 bits per heavy atom. The van der Waals surface area contributed by atoms with Crippen LogP contribution in [0.25, 0.3) is 0 Å². The molecule has 0 spiro atoms. The molecule has 1 atom stereocenters. The van der Waals surface area contributed by atoms with Crippen molar-refractivity contribution in [3.05, 3.63) is 18.2 Å². The van der Waals surface area contributed by atoms with Gasteiger partial charge < -0.3 is 15.8 Å². The average Bonchev–Trinajstić information content (AvgIpc) is 2.21. The van der Waals surface area contributed by atoms with Gasteiger partial charge in [-0.2, -0.15) is 0 Å². The second kappa shape index (κ2) is 3.21. The van der Waals surface area contributed by atoms with Crippen LogP contribution in [0.3, 0.4) is 0 Å². The number of carbonyl (C=O) groups is 1. The summed E-state index contributed by atoms with van der Waals surface area (Å²) in [7, 11) is 0. The van der Waals surface area contributed by atoms with E-state index in [0.29, 0.717) is 23.5 Å². The number of hydrogen-bond donors (Lipinski definition) is 2. The monoisotopic (exact) mass is 192 g/mol. The van der Waals surface area contributed by atoms with Gasteiger partial charge in [0.15, 0.2) is 0 Å². The lowest BCUT2D eigenvalue weighted by atomic mass is 10.2. The van der Waals surface area contributed by atoms with Gasteiger partial charge in [0, 0.05) is 5.69 Å². The summed E-state index contributed by atoms with van der Waals surface area (Å²) in [6, 6.07) is 5.22. The van der Waals surface area contributed by atoms with E-state index < -0.39 is 0 Å². The lowest BCUT2D eigenvalue weighted by Gasteiger charge is -2.10. The SMILES string of the molecule is CC1CC(=O)Nc2cc(N)ccc2O1. The standard InChI is InChI=1S/C10H12N2O2/c1-6-4-10(13)12-8-5-7(11)2-3-9(8)14-6/h2-3,5-6H,4,11H2,1H3,(H,12,13). The Kier molecular flexibility index (Phi) is 2.04. The summed E-state index contributed by atoms with van der Waals surface area (Å²) in [5.41, 5.74) is 6.87. The Labute approximate surface area is 82.1 Å². The van der Waals surface area contributed by atoms with Crippen LogP contribution >= 0.6 is 0 Å². The summed E-state index contributed by atoms with van der Waals surface area (Å²) in [6.07, 6.45) is 0.272. The number of hydrogen-bond acceptors (Lipinski definition) is 3. The molecule has 4 heteroatoms. The van der Waals surface area contributed by atoms with Crippen LogP contribution in [-0.4, -0.2) is 12.0 Å². The van der Waals surface area contributed by atoms with Crippen LogP contribution in [0.4, 0.5) is 11.4 Å². The Morgan fingerprint density at radius 3 is 3.14 bits per heavy atom. The fourth-order valence-electron chi connectivity index (χ4n) is 1.47. The van der Waals surface area contributed by atoms with E-state index in [1.807, 2.05) is 6.92 Å². The van der Waals surface area contributed by atoms with Crippen molar-refractivity contribution < 1.29 is 9.53 Å².